The normalized spacial score (nSPS) is 11.1. The van der Waals surface area contributed by atoms with Crippen molar-refractivity contribution in [1.29, 1.82) is 0 Å². The first kappa shape index (κ1) is 20.4. The summed E-state index contributed by atoms with van der Waals surface area (Å²) < 4.78 is 1.58. The van der Waals surface area contributed by atoms with E-state index in [4.69, 9.17) is 21.6 Å². The number of rotatable bonds is 5. The van der Waals surface area contributed by atoms with Gasteiger partial charge < -0.3 is 5.32 Å². The van der Waals surface area contributed by atoms with Gasteiger partial charge in [0.05, 0.1) is 33.9 Å². The van der Waals surface area contributed by atoms with E-state index in [2.05, 4.69) is 36.5 Å². The molecule has 1 N–H and O–H groups in total. The number of hydrogen-bond acceptors (Lipinski definition) is 5. The van der Waals surface area contributed by atoms with E-state index in [1.54, 1.807) is 16.7 Å². The molecule has 2 heterocycles. The van der Waals surface area contributed by atoms with E-state index in [1.807, 2.05) is 41.8 Å². The molecule has 5 aromatic rings. The van der Waals surface area contributed by atoms with E-state index in [1.165, 1.54) is 16.9 Å². The monoisotopic (exact) mass is 458 g/mol. The number of benzene rings is 3. The Bertz CT molecular complexity index is 1470. The van der Waals surface area contributed by atoms with Gasteiger partial charge in [0.2, 0.25) is 0 Å². The molecule has 0 aliphatic heterocycles. The molecule has 0 fully saturated rings. The van der Waals surface area contributed by atoms with Crippen LogP contribution in [0.5, 0.6) is 0 Å². The highest BCUT2D eigenvalue weighted by atomic mass is 35.5. The lowest BCUT2D eigenvalue weighted by molar-refractivity contribution is 0.839. The van der Waals surface area contributed by atoms with Crippen molar-refractivity contribution >= 4 is 39.0 Å². The van der Waals surface area contributed by atoms with Gasteiger partial charge >= 0.3 is 0 Å². The number of thiazole rings is 1. The highest BCUT2D eigenvalue weighted by Gasteiger charge is 2.15. The lowest BCUT2D eigenvalue weighted by Crippen LogP contribution is -2.25. The van der Waals surface area contributed by atoms with E-state index >= 15 is 0 Å². The van der Waals surface area contributed by atoms with Crippen molar-refractivity contribution in [1.82, 2.24) is 14.5 Å². The maximum atomic E-state index is 13.4. The van der Waals surface area contributed by atoms with Crippen LogP contribution in [-0.4, -0.2) is 14.5 Å². The number of halogens is 1. The lowest BCUT2D eigenvalue weighted by atomic mass is 10.1. The molecular weight excluding hydrogens is 440 g/mol. The molecule has 32 heavy (non-hydrogen) atoms. The van der Waals surface area contributed by atoms with E-state index in [-0.39, 0.29) is 5.56 Å². The SMILES string of the molecule is Cc1ccc(-c2csc(NCc3nc4ccccc4c(=O)n3-c3ccccc3Cl)n2)cc1. The van der Waals surface area contributed by atoms with Gasteiger partial charge in [-0.05, 0) is 31.2 Å². The summed E-state index contributed by atoms with van der Waals surface area (Å²) in [5.74, 6) is 0.564. The number of hydrogen-bond donors (Lipinski definition) is 1. The van der Waals surface area contributed by atoms with Crippen LogP contribution >= 0.6 is 22.9 Å². The first-order valence-electron chi connectivity index (χ1n) is 10.1. The molecule has 0 unspecified atom stereocenters. The minimum atomic E-state index is -0.153. The minimum Gasteiger partial charge on any atom is -0.354 e. The van der Waals surface area contributed by atoms with Crippen LogP contribution in [0.3, 0.4) is 0 Å². The molecule has 158 valence electrons. The van der Waals surface area contributed by atoms with E-state index in [9.17, 15) is 4.79 Å². The van der Waals surface area contributed by atoms with Crippen LogP contribution in [0.2, 0.25) is 5.02 Å². The number of nitrogens with one attached hydrogen (secondary N) is 1. The molecule has 0 aliphatic carbocycles. The molecule has 0 atom stereocenters. The zero-order valence-electron chi connectivity index (χ0n) is 17.2. The number of nitrogens with zero attached hydrogens (tertiary/aromatic N) is 3. The minimum absolute atomic E-state index is 0.153. The van der Waals surface area contributed by atoms with E-state index in [0.29, 0.717) is 34.0 Å². The standard InChI is InChI=1S/C25H19ClN4OS/c1-16-10-12-17(13-11-16)21-15-32-25(29-21)27-14-23-28-20-8-4-2-6-18(20)24(31)30(23)22-9-5-3-7-19(22)26/h2-13,15H,14H2,1H3,(H,27,29). The van der Waals surface area contributed by atoms with Gasteiger partial charge in [-0.15, -0.1) is 11.3 Å². The molecule has 7 heteroatoms. The van der Waals surface area contributed by atoms with Gasteiger partial charge in [0.1, 0.15) is 5.82 Å². The summed E-state index contributed by atoms with van der Waals surface area (Å²) in [4.78, 5) is 22.8. The predicted molar refractivity (Wildman–Crippen MR) is 132 cm³/mol. The summed E-state index contributed by atoms with van der Waals surface area (Å²) in [5.41, 5.74) is 4.29. The molecular formula is C25H19ClN4OS. The highest BCUT2D eigenvalue weighted by molar-refractivity contribution is 7.14. The van der Waals surface area contributed by atoms with Crippen molar-refractivity contribution < 1.29 is 0 Å². The summed E-state index contributed by atoms with van der Waals surface area (Å²) in [5, 5.41) is 7.14. The number of anilines is 1. The fraction of sp³-hybridized carbons (Fsp3) is 0.0800. The van der Waals surface area contributed by atoms with Crippen LogP contribution in [0.4, 0.5) is 5.13 Å². The molecule has 2 aromatic heterocycles. The van der Waals surface area contributed by atoms with Crippen molar-refractivity contribution in [2.45, 2.75) is 13.5 Å². The second-order valence-corrected chi connectivity index (χ2v) is 8.66. The zero-order valence-corrected chi connectivity index (χ0v) is 18.8. The Morgan fingerprint density at radius 3 is 2.53 bits per heavy atom. The maximum Gasteiger partial charge on any atom is 0.266 e. The lowest BCUT2D eigenvalue weighted by Gasteiger charge is -2.15. The van der Waals surface area contributed by atoms with E-state index in [0.717, 1.165) is 16.4 Å². The molecule has 0 saturated carbocycles. The first-order valence-corrected chi connectivity index (χ1v) is 11.4. The summed E-state index contributed by atoms with van der Waals surface area (Å²) >= 11 is 7.95. The largest absolute Gasteiger partial charge is 0.354 e. The topological polar surface area (TPSA) is 59.8 Å². The predicted octanol–water partition coefficient (Wildman–Crippen LogP) is 6.08. The highest BCUT2D eigenvalue weighted by Crippen LogP contribution is 2.26. The van der Waals surface area contributed by atoms with Crippen molar-refractivity contribution in [2.75, 3.05) is 5.32 Å². The number of para-hydroxylation sites is 2. The van der Waals surface area contributed by atoms with Crippen LogP contribution < -0.4 is 10.9 Å². The zero-order chi connectivity index (χ0) is 22.1. The number of aryl methyl sites for hydroxylation is 1. The molecule has 0 spiro atoms. The first-order chi connectivity index (χ1) is 15.6. The van der Waals surface area contributed by atoms with Gasteiger partial charge in [-0.25, -0.2) is 9.97 Å². The Balaban J connectivity index is 1.52. The molecule has 3 aromatic carbocycles. The Morgan fingerprint density at radius 1 is 0.969 bits per heavy atom. The molecule has 5 rings (SSSR count). The summed E-state index contributed by atoms with van der Waals surface area (Å²) in [6.45, 7) is 2.39. The van der Waals surface area contributed by atoms with Gasteiger partial charge in [0.25, 0.3) is 5.56 Å². The van der Waals surface area contributed by atoms with Gasteiger partial charge in [-0.1, -0.05) is 65.7 Å². The second-order valence-electron chi connectivity index (χ2n) is 7.39. The third kappa shape index (κ3) is 3.90. The molecule has 0 saturated heterocycles. The molecule has 0 aliphatic rings. The molecule has 0 bridgehead atoms. The smallest absolute Gasteiger partial charge is 0.266 e. The summed E-state index contributed by atoms with van der Waals surface area (Å²) in [6, 6.07) is 22.9. The molecule has 0 radical (unpaired) electrons. The number of fused-ring (bicyclic) bond motifs is 1. The van der Waals surface area contributed by atoms with Crippen molar-refractivity contribution in [3.05, 3.63) is 105 Å². The summed E-state index contributed by atoms with van der Waals surface area (Å²) in [6.07, 6.45) is 0. The Labute approximate surface area is 194 Å². The van der Waals surface area contributed by atoms with Crippen LogP contribution in [0, 0.1) is 6.92 Å². The fourth-order valence-corrected chi connectivity index (χ4v) is 4.48. The van der Waals surface area contributed by atoms with Gasteiger partial charge in [-0.3, -0.25) is 9.36 Å². The number of aromatic nitrogens is 3. The third-order valence-corrected chi connectivity index (χ3v) is 6.31. The Hall–Kier alpha value is -3.48. The van der Waals surface area contributed by atoms with Crippen LogP contribution in [-0.2, 0) is 6.54 Å². The summed E-state index contributed by atoms with van der Waals surface area (Å²) in [7, 11) is 0. The van der Waals surface area contributed by atoms with Crippen LogP contribution in [0.1, 0.15) is 11.4 Å². The fourth-order valence-electron chi connectivity index (χ4n) is 3.55. The quantitative estimate of drug-likeness (QED) is 0.346. The van der Waals surface area contributed by atoms with Crippen molar-refractivity contribution in [3.63, 3.8) is 0 Å². The van der Waals surface area contributed by atoms with Gasteiger partial charge in [-0.2, -0.15) is 0 Å². The second kappa shape index (κ2) is 8.57. The average molecular weight is 459 g/mol. The van der Waals surface area contributed by atoms with Crippen LogP contribution in [0.15, 0.2) is 83.0 Å². The molecule has 5 nitrogen and oxygen atoms in total. The Kier molecular flexibility index (Phi) is 5.47. The maximum absolute atomic E-state index is 13.4. The van der Waals surface area contributed by atoms with E-state index < -0.39 is 0 Å². The van der Waals surface area contributed by atoms with Gasteiger partial charge in [0.15, 0.2) is 5.13 Å². The van der Waals surface area contributed by atoms with Crippen LogP contribution in [0.25, 0.3) is 27.8 Å². The molecule has 0 amide bonds. The van der Waals surface area contributed by atoms with Gasteiger partial charge in [0, 0.05) is 10.9 Å². The average Bonchev–Trinajstić information content (AvgIpc) is 3.28. The Morgan fingerprint density at radius 2 is 1.72 bits per heavy atom. The van der Waals surface area contributed by atoms with Crippen molar-refractivity contribution in [3.8, 4) is 16.9 Å². The third-order valence-electron chi connectivity index (χ3n) is 5.19. The van der Waals surface area contributed by atoms with Crippen molar-refractivity contribution in [2.24, 2.45) is 0 Å².